The third-order valence-electron chi connectivity index (χ3n) is 5.45. The van der Waals surface area contributed by atoms with Gasteiger partial charge < -0.3 is 25.0 Å². The van der Waals surface area contributed by atoms with Crippen molar-refractivity contribution in [2.75, 3.05) is 5.32 Å². The molecule has 0 aromatic heterocycles. The fourth-order valence-corrected chi connectivity index (χ4v) is 7.80. The Hall–Kier alpha value is -0.660. The van der Waals surface area contributed by atoms with Crippen LogP contribution < -0.4 is 10.1 Å². The molecule has 168 valence electrons. The van der Waals surface area contributed by atoms with Gasteiger partial charge in [-0.2, -0.15) is 0 Å². The number of aromatic hydroxyl groups is 2. The number of hydrogen-bond acceptors (Lipinski definition) is 6. The van der Waals surface area contributed by atoms with Gasteiger partial charge in [0.1, 0.15) is 11.5 Å². The molecule has 0 fully saturated rings. The second-order valence-electron chi connectivity index (χ2n) is 7.41. The van der Waals surface area contributed by atoms with Crippen molar-refractivity contribution in [3.63, 3.8) is 0 Å². The van der Waals surface area contributed by atoms with Crippen LogP contribution >= 0.6 is 103 Å². The van der Waals surface area contributed by atoms with Crippen LogP contribution in [0.2, 0.25) is 0 Å². The summed E-state index contributed by atoms with van der Waals surface area (Å²) >= 11 is 13.3. The zero-order valence-corrected chi connectivity index (χ0v) is 25.9. The lowest BCUT2D eigenvalue weighted by Crippen LogP contribution is -2.34. The summed E-state index contributed by atoms with van der Waals surface area (Å²) in [4.78, 5) is 13.8. The van der Waals surface area contributed by atoms with Gasteiger partial charge in [-0.25, -0.2) is 4.79 Å². The van der Waals surface area contributed by atoms with E-state index in [1.807, 2.05) is 102 Å². The van der Waals surface area contributed by atoms with E-state index in [1.165, 1.54) is 0 Å². The minimum absolute atomic E-state index is 0.0823. The van der Waals surface area contributed by atoms with Gasteiger partial charge in [0.25, 0.3) is 0 Å². The highest BCUT2D eigenvalue weighted by Gasteiger charge is 2.55. The molecule has 5 rings (SSSR count). The zero-order valence-electron chi connectivity index (χ0n) is 16.4. The normalized spacial score (nSPS) is 14.8. The van der Waals surface area contributed by atoms with E-state index in [-0.39, 0.29) is 11.5 Å². The van der Waals surface area contributed by atoms with Crippen LogP contribution in [0.15, 0.2) is 30.3 Å². The monoisotopic (exact) mass is 909 g/mol. The highest BCUT2D eigenvalue weighted by atomic mass is 127. The summed E-state index contributed by atoms with van der Waals surface area (Å²) in [5, 5.41) is 24.3. The second kappa shape index (κ2) is 8.48. The first-order chi connectivity index (χ1) is 15.6. The van der Waals surface area contributed by atoms with Crippen LogP contribution in [0.3, 0.4) is 0 Å². The quantitative estimate of drug-likeness (QED) is 0.140. The molecule has 6 nitrogen and oxygen atoms in total. The third-order valence-corrected chi connectivity index (χ3v) is 9.19. The molecule has 3 aromatic carbocycles. The molecular formula is C22H11I4NO5S. The highest BCUT2D eigenvalue weighted by molar-refractivity contribution is 14.1. The summed E-state index contributed by atoms with van der Waals surface area (Å²) in [5.74, 6) is 0.456. The maximum atomic E-state index is 13.2. The molecule has 0 atom stereocenters. The van der Waals surface area contributed by atoms with Gasteiger partial charge in [0.15, 0.2) is 17.1 Å². The number of anilines is 1. The van der Waals surface area contributed by atoms with E-state index < -0.39 is 11.6 Å². The van der Waals surface area contributed by atoms with Crippen molar-refractivity contribution < 1.29 is 24.5 Å². The molecule has 3 N–H and O–H groups in total. The van der Waals surface area contributed by atoms with Crippen LogP contribution in [0, 0.1) is 14.3 Å². The lowest BCUT2D eigenvalue weighted by molar-refractivity contribution is 0.0222. The number of nitrogens with one attached hydrogen (secondary N) is 1. The van der Waals surface area contributed by atoms with E-state index in [4.69, 9.17) is 21.7 Å². The molecule has 11 heteroatoms. The lowest BCUT2D eigenvalue weighted by Gasteiger charge is -2.38. The van der Waals surface area contributed by atoms with Crippen LogP contribution in [0.1, 0.15) is 34.0 Å². The largest absolute Gasteiger partial charge is 0.506 e. The fraction of sp³-hybridized carbons (Fsp3) is 0.0909. The van der Waals surface area contributed by atoms with Gasteiger partial charge in [0, 0.05) is 11.3 Å². The van der Waals surface area contributed by atoms with Crippen LogP contribution in [0.4, 0.5) is 5.69 Å². The zero-order chi connectivity index (χ0) is 23.8. The molecule has 2 aliphatic heterocycles. The number of carbonyl (C=O) groups is 1. The van der Waals surface area contributed by atoms with E-state index in [9.17, 15) is 15.0 Å². The number of phenolic OH excluding ortho intramolecular Hbond substituents is 2. The van der Waals surface area contributed by atoms with Gasteiger partial charge in [-0.3, -0.25) is 0 Å². The smallest absolute Gasteiger partial charge is 0.340 e. The Labute approximate surface area is 248 Å². The number of thiocarbonyl (C=S) groups is 1. The molecule has 2 aliphatic rings. The van der Waals surface area contributed by atoms with Gasteiger partial charge in [-0.05, 0) is 122 Å². The number of hydrogen-bond donors (Lipinski definition) is 3. The Bertz CT molecular complexity index is 1360. The molecule has 2 heterocycles. The van der Waals surface area contributed by atoms with E-state index in [0.29, 0.717) is 58.7 Å². The number of rotatable bonds is 1. The predicted molar refractivity (Wildman–Crippen MR) is 161 cm³/mol. The SMILES string of the molecule is CC(=S)Nc1ccc2c(c1)C(=O)OC21c2cc(I)c(O)c(I)c2Oc2c1cc(I)c(O)c2I. The summed E-state index contributed by atoms with van der Waals surface area (Å²) in [5.41, 5.74) is 1.66. The number of carbonyl (C=O) groups excluding carboxylic acids is 1. The van der Waals surface area contributed by atoms with Crippen molar-refractivity contribution in [3.8, 4) is 23.0 Å². The van der Waals surface area contributed by atoms with Gasteiger partial charge in [0.05, 0.1) is 36.0 Å². The summed E-state index contributed by atoms with van der Waals surface area (Å²) in [6, 6.07) is 8.97. The summed E-state index contributed by atoms with van der Waals surface area (Å²) in [6.45, 7) is 1.76. The van der Waals surface area contributed by atoms with E-state index in [2.05, 4.69) is 5.32 Å². The van der Waals surface area contributed by atoms with Gasteiger partial charge in [-0.1, -0.05) is 18.3 Å². The Morgan fingerprint density at radius 3 is 2.00 bits per heavy atom. The van der Waals surface area contributed by atoms with Crippen molar-refractivity contribution in [2.24, 2.45) is 0 Å². The van der Waals surface area contributed by atoms with Crippen LogP contribution in [-0.4, -0.2) is 21.2 Å². The molecule has 0 unspecified atom stereocenters. The van der Waals surface area contributed by atoms with E-state index >= 15 is 0 Å². The maximum absolute atomic E-state index is 13.2. The number of ether oxygens (including phenoxy) is 2. The maximum Gasteiger partial charge on any atom is 0.340 e. The Morgan fingerprint density at radius 2 is 1.48 bits per heavy atom. The standard InChI is InChI=1S/C22H11I4NO5S/c1-7(33)27-8-2-3-10-9(4-8)21(30)32-22(10)11-5-13(23)17(28)15(25)19(11)31-20-12(22)6-14(24)18(29)16(20)26/h2-6,28-29H,1H3,(H,27,33). The van der Waals surface area contributed by atoms with Crippen molar-refractivity contribution in [1.82, 2.24) is 0 Å². The molecule has 0 aliphatic carbocycles. The predicted octanol–water partition coefficient (Wildman–Crippen LogP) is 6.84. The highest BCUT2D eigenvalue weighted by Crippen LogP contribution is 2.60. The molecule has 3 aromatic rings. The fourth-order valence-electron chi connectivity index (χ4n) is 4.10. The summed E-state index contributed by atoms with van der Waals surface area (Å²) in [7, 11) is 0. The second-order valence-corrected chi connectivity index (χ2v) is 12.5. The lowest BCUT2D eigenvalue weighted by atomic mass is 9.77. The number of fused-ring (bicyclic) bond motifs is 6. The molecule has 0 saturated carbocycles. The number of halogens is 4. The van der Waals surface area contributed by atoms with Crippen molar-refractivity contribution in [3.05, 3.63) is 66.9 Å². The average molecular weight is 909 g/mol. The van der Waals surface area contributed by atoms with Gasteiger partial charge in [0.2, 0.25) is 0 Å². The first kappa shape index (κ1) is 24.1. The first-order valence-electron chi connectivity index (χ1n) is 9.32. The summed E-state index contributed by atoms with van der Waals surface area (Å²) < 4.78 is 14.7. The third kappa shape index (κ3) is 3.54. The van der Waals surface area contributed by atoms with Crippen molar-refractivity contribution in [1.29, 1.82) is 0 Å². The van der Waals surface area contributed by atoms with Crippen molar-refractivity contribution >= 4 is 119 Å². The summed E-state index contributed by atoms with van der Waals surface area (Å²) in [6.07, 6.45) is 0. The molecule has 0 bridgehead atoms. The van der Waals surface area contributed by atoms with Crippen molar-refractivity contribution in [2.45, 2.75) is 12.5 Å². The number of esters is 1. The molecule has 0 radical (unpaired) electrons. The molecule has 0 amide bonds. The Morgan fingerprint density at radius 1 is 0.939 bits per heavy atom. The molecule has 0 saturated heterocycles. The number of phenols is 2. The van der Waals surface area contributed by atoms with E-state index in [0.717, 1.165) is 0 Å². The topological polar surface area (TPSA) is 88.0 Å². The molecule has 1 spiro atoms. The van der Waals surface area contributed by atoms with E-state index in [1.54, 1.807) is 25.1 Å². The minimum Gasteiger partial charge on any atom is -0.506 e. The molecule has 33 heavy (non-hydrogen) atoms. The first-order valence-corrected chi connectivity index (χ1v) is 14.0. The number of benzene rings is 3. The van der Waals surface area contributed by atoms with Crippen LogP contribution in [-0.2, 0) is 10.3 Å². The van der Waals surface area contributed by atoms with Crippen LogP contribution in [0.5, 0.6) is 23.0 Å². The Kier molecular flexibility index (Phi) is 6.18. The van der Waals surface area contributed by atoms with Gasteiger partial charge >= 0.3 is 5.97 Å². The Balaban J connectivity index is 1.90. The average Bonchev–Trinajstić information content (AvgIpc) is 3.04. The molecular weight excluding hydrogens is 898 g/mol. The van der Waals surface area contributed by atoms with Gasteiger partial charge in [-0.15, -0.1) is 0 Å². The minimum atomic E-state index is -1.30. The van der Waals surface area contributed by atoms with Crippen LogP contribution in [0.25, 0.3) is 0 Å².